The Kier molecular flexibility index (Phi) is 6.05. The zero-order valence-corrected chi connectivity index (χ0v) is 15.1. The quantitative estimate of drug-likeness (QED) is 0.779. The third-order valence-corrected chi connectivity index (χ3v) is 4.87. The topological polar surface area (TPSA) is 101 Å². The normalized spacial score (nSPS) is 11.4. The van der Waals surface area contributed by atoms with Gasteiger partial charge in [0.15, 0.2) is 0 Å². The van der Waals surface area contributed by atoms with E-state index in [-0.39, 0.29) is 19.0 Å². The minimum atomic E-state index is -3.25. The molecule has 0 aliphatic rings. The molecule has 8 nitrogen and oxygen atoms in total. The average Bonchev–Trinajstić information content (AvgIpc) is 2.60. The average molecular weight is 364 g/mol. The minimum absolute atomic E-state index is 0.208. The summed E-state index contributed by atoms with van der Waals surface area (Å²) in [5.74, 6) is 0.128. The zero-order chi connectivity index (χ0) is 18.4. The number of hydrogen-bond donors (Lipinski definition) is 1. The van der Waals surface area contributed by atoms with Gasteiger partial charge < -0.3 is 10.1 Å². The lowest BCUT2D eigenvalue weighted by Crippen LogP contribution is -2.35. The van der Waals surface area contributed by atoms with Crippen LogP contribution in [-0.2, 0) is 10.0 Å². The van der Waals surface area contributed by atoms with Crippen LogP contribution in [-0.4, -0.2) is 62.1 Å². The third-order valence-electron chi connectivity index (χ3n) is 3.56. The van der Waals surface area contributed by atoms with Gasteiger partial charge in [-0.25, -0.2) is 22.7 Å². The fourth-order valence-electron chi connectivity index (χ4n) is 2.05. The van der Waals surface area contributed by atoms with Crippen LogP contribution in [0.3, 0.4) is 0 Å². The highest BCUT2D eigenvalue weighted by Crippen LogP contribution is 2.25. The summed E-state index contributed by atoms with van der Waals surface area (Å²) in [6, 6.07) is 6.84. The second-order valence-corrected chi connectivity index (χ2v) is 7.42. The minimum Gasteiger partial charge on any atom is -0.479 e. The van der Waals surface area contributed by atoms with E-state index in [0.717, 1.165) is 11.8 Å². The molecule has 0 saturated heterocycles. The van der Waals surface area contributed by atoms with Crippen molar-refractivity contribution in [2.45, 2.75) is 0 Å². The fourth-order valence-corrected chi connectivity index (χ4v) is 2.47. The molecule has 1 amide bonds. The van der Waals surface area contributed by atoms with Gasteiger partial charge >= 0.3 is 0 Å². The fraction of sp³-hybridized carbons (Fsp3) is 0.312. The molecule has 0 unspecified atom stereocenters. The van der Waals surface area contributed by atoms with Gasteiger partial charge in [-0.05, 0) is 12.1 Å². The van der Waals surface area contributed by atoms with Crippen LogP contribution in [0, 0.1) is 0 Å². The van der Waals surface area contributed by atoms with Gasteiger partial charge in [0.2, 0.25) is 15.9 Å². The highest BCUT2D eigenvalue weighted by molar-refractivity contribution is 7.88. The van der Waals surface area contributed by atoms with Crippen molar-refractivity contribution in [3.05, 3.63) is 42.2 Å². The number of rotatable bonds is 7. The predicted octanol–water partition coefficient (Wildman–Crippen LogP) is 0.773. The molecule has 0 spiro atoms. The maximum Gasteiger partial charge on any atom is 0.251 e. The molecule has 0 saturated carbocycles. The van der Waals surface area contributed by atoms with Gasteiger partial charge in [-0.15, -0.1) is 0 Å². The molecular formula is C16H20N4O4S. The maximum absolute atomic E-state index is 12.1. The van der Waals surface area contributed by atoms with Gasteiger partial charge in [0, 0.05) is 43.7 Å². The van der Waals surface area contributed by atoms with Gasteiger partial charge in [-0.3, -0.25) is 4.79 Å². The summed E-state index contributed by atoms with van der Waals surface area (Å²) in [5.41, 5.74) is 1.83. The number of sulfonamides is 1. The summed E-state index contributed by atoms with van der Waals surface area (Å²) in [5, 5.41) is 2.69. The van der Waals surface area contributed by atoms with Crippen LogP contribution in [0.1, 0.15) is 10.4 Å². The Morgan fingerprint density at radius 3 is 2.44 bits per heavy atom. The molecule has 2 aromatic rings. The van der Waals surface area contributed by atoms with Crippen LogP contribution in [0.5, 0.6) is 5.88 Å². The van der Waals surface area contributed by atoms with Crippen molar-refractivity contribution in [1.82, 2.24) is 19.6 Å². The highest BCUT2D eigenvalue weighted by atomic mass is 32.2. The summed E-state index contributed by atoms with van der Waals surface area (Å²) in [6.07, 6.45) is 4.22. The smallest absolute Gasteiger partial charge is 0.251 e. The number of benzene rings is 1. The first-order valence-electron chi connectivity index (χ1n) is 7.48. The molecule has 0 radical (unpaired) electrons. The van der Waals surface area contributed by atoms with Crippen molar-refractivity contribution in [2.75, 3.05) is 33.5 Å². The largest absolute Gasteiger partial charge is 0.479 e. The SMILES string of the molecule is COc1nccnc1-c1ccc(C(=O)NCCN(C)S(C)(=O)=O)cc1. The third kappa shape index (κ3) is 4.97. The van der Waals surface area contributed by atoms with Crippen LogP contribution in [0.25, 0.3) is 11.3 Å². The number of likely N-dealkylation sites (N-methyl/N-ethyl adjacent to an activating group) is 1. The number of ether oxygens (including phenoxy) is 1. The molecule has 0 fully saturated rings. The van der Waals surface area contributed by atoms with E-state index in [2.05, 4.69) is 15.3 Å². The van der Waals surface area contributed by atoms with Gasteiger partial charge in [-0.2, -0.15) is 0 Å². The van der Waals surface area contributed by atoms with Crippen molar-refractivity contribution in [2.24, 2.45) is 0 Å². The van der Waals surface area contributed by atoms with Crippen molar-refractivity contribution in [3.8, 4) is 17.1 Å². The number of nitrogens with one attached hydrogen (secondary N) is 1. The van der Waals surface area contributed by atoms with E-state index in [0.29, 0.717) is 17.1 Å². The number of nitrogens with zero attached hydrogens (tertiary/aromatic N) is 3. The summed E-state index contributed by atoms with van der Waals surface area (Å²) >= 11 is 0. The molecule has 0 aliphatic carbocycles. The number of methoxy groups -OCH3 is 1. The van der Waals surface area contributed by atoms with E-state index >= 15 is 0 Å². The molecule has 134 valence electrons. The van der Waals surface area contributed by atoms with Crippen LogP contribution in [0.15, 0.2) is 36.7 Å². The van der Waals surface area contributed by atoms with Crippen LogP contribution in [0.4, 0.5) is 0 Å². The zero-order valence-electron chi connectivity index (χ0n) is 14.3. The molecule has 2 rings (SSSR count). The lowest BCUT2D eigenvalue weighted by molar-refractivity contribution is 0.0952. The number of carbonyl (C=O) groups is 1. The second kappa shape index (κ2) is 8.04. The molecule has 1 N–H and O–H groups in total. The van der Waals surface area contributed by atoms with E-state index in [9.17, 15) is 13.2 Å². The molecule has 25 heavy (non-hydrogen) atoms. The monoisotopic (exact) mass is 364 g/mol. The van der Waals surface area contributed by atoms with E-state index < -0.39 is 10.0 Å². The van der Waals surface area contributed by atoms with E-state index in [4.69, 9.17) is 4.74 Å². The first-order chi connectivity index (χ1) is 11.8. The van der Waals surface area contributed by atoms with Crippen molar-refractivity contribution in [1.29, 1.82) is 0 Å². The van der Waals surface area contributed by atoms with Crippen LogP contribution in [0.2, 0.25) is 0 Å². The van der Waals surface area contributed by atoms with Crippen molar-refractivity contribution >= 4 is 15.9 Å². The summed E-state index contributed by atoms with van der Waals surface area (Å²) in [4.78, 5) is 20.4. The van der Waals surface area contributed by atoms with Crippen molar-refractivity contribution in [3.63, 3.8) is 0 Å². The van der Waals surface area contributed by atoms with Gasteiger partial charge in [-0.1, -0.05) is 12.1 Å². The second-order valence-electron chi connectivity index (χ2n) is 5.33. The molecule has 9 heteroatoms. The molecule has 1 aromatic heterocycles. The van der Waals surface area contributed by atoms with E-state index in [1.54, 1.807) is 30.5 Å². The Bertz CT molecular complexity index is 837. The molecular weight excluding hydrogens is 344 g/mol. The Labute approximate surface area is 146 Å². The summed E-state index contributed by atoms with van der Waals surface area (Å²) in [6.45, 7) is 0.432. The molecule has 1 heterocycles. The molecule has 0 aliphatic heterocycles. The predicted molar refractivity (Wildman–Crippen MR) is 93.8 cm³/mol. The molecule has 0 bridgehead atoms. The van der Waals surface area contributed by atoms with Gasteiger partial charge in [0.25, 0.3) is 5.91 Å². The molecule has 0 atom stereocenters. The lowest BCUT2D eigenvalue weighted by atomic mass is 10.1. The Morgan fingerprint density at radius 1 is 1.20 bits per heavy atom. The summed E-state index contributed by atoms with van der Waals surface area (Å²) in [7, 11) is -0.271. The Balaban J connectivity index is 2.01. The Hall–Kier alpha value is -2.52. The lowest BCUT2D eigenvalue weighted by Gasteiger charge is -2.14. The van der Waals surface area contributed by atoms with E-state index in [1.807, 2.05) is 0 Å². The maximum atomic E-state index is 12.1. The Morgan fingerprint density at radius 2 is 1.84 bits per heavy atom. The summed E-state index contributed by atoms with van der Waals surface area (Å²) < 4.78 is 28.9. The number of carbonyl (C=O) groups excluding carboxylic acids is 1. The number of hydrogen-bond acceptors (Lipinski definition) is 6. The van der Waals surface area contributed by atoms with Gasteiger partial charge in [0.1, 0.15) is 5.69 Å². The van der Waals surface area contributed by atoms with Gasteiger partial charge in [0.05, 0.1) is 13.4 Å². The van der Waals surface area contributed by atoms with Crippen LogP contribution < -0.4 is 10.1 Å². The number of amides is 1. The van der Waals surface area contributed by atoms with Crippen molar-refractivity contribution < 1.29 is 17.9 Å². The highest BCUT2D eigenvalue weighted by Gasteiger charge is 2.12. The first kappa shape index (κ1) is 18.8. The molecule has 1 aromatic carbocycles. The van der Waals surface area contributed by atoms with Crippen LogP contribution >= 0.6 is 0 Å². The first-order valence-corrected chi connectivity index (χ1v) is 9.32. The number of aromatic nitrogens is 2. The standard InChI is InChI=1S/C16H20N4O4S/c1-20(25(3,22)23)11-10-18-15(21)13-6-4-12(5-7-13)14-16(24-2)19-9-8-17-14/h4-9H,10-11H2,1-3H3,(H,18,21). The van der Waals surface area contributed by atoms with E-state index in [1.165, 1.54) is 24.7 Å².